The molecule has 4 N–H and O–H groups in total. The molecule has 2 unspecified atom stereocenters. The minimum absolute atomic E-state index is 0.0210. The highest BCUT2D eigenvalue weighted by Crippen LogP contribution is 2.07. The van der Waals surface area contributed by atoms with Crippen LogP contribution in [0.2, 0.25) is 0 Å². The zero-order valence-corrected chi connectivity index (χ0v) is 14.5. The first-order valence-corrected chi connectivity index (χ1v) is 8.26. The van der Waals surface area contributed by atoms with Crippen molar-refractivity contribution in [3.05, 3.63) is 42.2 Å². The van der Waals surface area contributed by atoms with Crippen LogP contribution in [-0.2, 0) is 22.7 Å². The maximum atomic E-state index is 12.0. The van der Waals surface area contributed by atoms with Crippen LogP contribution in [0.4, 0.5) is 5.95 Å². The smallest absolute Gasteiger partial charge is 0.248 e. The quantitative estimate of drug-likeness (QED) is 0.658. The zero-order chi connectivity index (χ0) is 18.2. The van der Waals surface area contributed by atoms with Crippen molar-refractivity contribution >= 4 is 17.8 Å². The van der Waals surface area contributed by atoms with E-state index in [1.165, 1.54) is 11.0 Å². The molecule has 0 saturated carbocycles. The summed E-state index contributed by atoms with van der Waals surface area (Å²) in [5, 5.41) is 9.44. The number of benzene rings is 1. The van der Waals surface area contributed by atoms with Gasteiger partial charge in [-0.15, -0.1) is 5.10 Å². The van der Waals surface area contributed by atoms with Gasteiger partial charge in [0, 0.05) is 6.54 Å². The monoisotopic (exact) mass is 344 g/mol. The Kier molecular flexibility index (Phi) is 6.64. The van der Waals surface area contributed by atoms with Crippen molar-refractivity contribution in [3.63, 3.8) is 0 Å². The van der Waals surface area contributed by atoms with Gasteiger partial charge in [-0.3, -0.25) is 14.9 Å². The first-order valence-electron chi connectivity index (χ1n) is 8.26. The SMILES string of the molecule is CCC(C)C(N)C(=O)Nc1ncn(CC(=O)NCc2ccccc2)n1. The minimum Gasteiger partial charge on any atom is -0.350 e. The van der Waals surface area contributed by atoms with Gasteiger partial charge in [-0.05, 0) is 11.5 Å². The molecule has 0 spiro atoms. The van der Waals surface area contributed by atoms with Crippen LogP contribution < -0.4 is 16.4 Å². The van der Waals surface area contributed by atoms with Crippen LogP contribution in [-0.4, -0.2) is 32.6 Å². The number of hydrogen-bond acceptors (Lipinski definition) is 5. The number of carbonyl (C=O) groups excluding carboxylic acids is 2. The first kappa shape index (κ1) is 18.6. The molecule has 2 amide bonds. The summed E-state index contributed by atoms with van der Waals surface area (Å²) in [5.74, 6) is -0.325. The van der Waals surface area contributed by atoms with E-state index in [0.29, 0.717) is 6.54 Å². The van der Waals surface area contributed by atoms with Crippen LogP contribution >= 0.6 is 0 Å². The number of nitrogens with two attached hydrogens (primary N) is 1. The average Bonchev–Trinajstić information content (AvgIpc) is 3.06. The van der Waals surface area contributed by atoms with Crippen LogP contribution in [0.5, 0.6) is 0 Å². The number of anilines is 1. The van der Waals surface area contributed by atoms with Crippen molar-refractivity contribution in [1.82, 2.24) is 20.1 Å². The van der Waals surface area contributed by atoms with Crippen LogP contribution in [0, 0.1) is 5.92 Å². The third-order valence-electron chi connectivity index (χ3n) is 3.97. The van der Waals surface area contributed by atoms with E-state index in [-0.39, 0.29) is 30.2 Å². The maximum absolute atomic E-state index is 12.0. The molecular weight excluding hydrogens is 320 g/mol. The Morgan fingerprint density at radius 2 is 2.00 bits per heavy atom. The Bertz CT molecular complexity index is 700. The summed E-state index contributed by atoms with van der Waals surface area (Å²) in [6.45, 7) is 4.35. The molecule has 8 nitrogen and oxygen atoms in total. The topological polar surface area (TPSA) is 115 Å². The van der Waals surface area contributed by atoms with E-state index in [1.807, 2.05) is 44.2 Å². The van der Waals surface area contributed by atoms with Gasteiger partial charge in [0.05, 0.1) is 6.04 Å². The minimum atomic E-state index is -0.619. The van der Waals surface area contributed by atoms with Gasteiger partial charge in [0.1, 0.15) is 12.9 Å². The molecule has 0 saturated heterocycles. The molecule has 134 valence electrons. The highest BCUT2D eigenvalue weighted by atomic mass is 16.2. The lowest BCUT2D eigenvalue weighted by Crippen LogP contribution is -2.40. The lowest BCUT2D eigenvalue weighted by molar-refractivity contribution is -0.122. The van der Waals surface area contributed by atoms with Gasteiger partial charge < -0.3 is 11.1 Å². The van der Waals surface area contributed by atoms with Gasteiger partial charge in [0.25, 0.3) is 0 Å². The van der Waals surface area contributed by atoms with Crippen LogP contribution in [0.25, 0.3) is 0 Å². The number of hydrogen-bond donors (Lipinski definition) is 3. The molecule has 0 bridgehead atoms. The summed E-state index contributed by atoms with van der Waals surface area (Å²) < 4.78 is 1.37. The zero-order valence-electron chi connectivity index (χ0n) is 14.5. The number of rotatable bonds is 8. The molecule has 0 aliphatic carbocycles. The van der Waals surface area contributed by atoms with Crippen molar-refractivity contribution in [2.24, 2.45) is 11.7 Å². The molecule has 1 aromatic carbocycles. The lowest BCUT2D eigenvalue weighted by atomic mass is 10.00. The Labute approximate surface area is 146 Å². The first-order chi connectivity index (χ1) is 12.0. The molecular formula is C17H24N6O2. The Morgan fingerprint density at radius 3 is 2.68 bits per heavy atom. The van der Waals surface area contributed by atoms with Gasteiger partial charge >= 0.3 is 0 Å². The van der Waals surface area contributed by atoms with Gasteiger partial charge in [0.15, 0.2) is 0 Å². The molecule has 2 rings (SSSR count). The Morgan fingerprint density at radius 1 is 1.28 bits per heavy atom. The Hall–Kier alpha value is -2.74. The number of nitrogens with zero attached hydrogens (tertiary/aromatic N) is 3. The van der Waals surface area contributed by atoms with Crippen molar-refractivity contribution in [2.45, 2.75) is 39.4 Å². The summed E-state index contributed by atoms with van der Waals surface area (Å²) in [4.78, 5) is 27.9. The number of nitrogens with one attached hydrogen (secondary N) is 2. The highest BCUT2D eigenvalue weighted by Gasteiger charge is 2.20. The molecule has 0 fully saturated rings. The molecule has 2 aromatic rings. The van der Waals surface area contributed by atoms with E-state index in [0.717, 1.165) is 12.0 Å². The highest BCUT2D eigenvalue weighted by molar-refractivity contribution is 5.93. The predicted molar refractivity (Wildman–Crippen MR) is 94.4 cm³/mol. The molecule has 2 atom stereocenters. The normalized spacial score (nSPS) is 13.1. The third-order valence-corrected chi connectivity index (χ3v) is 3.97. The third kappa shape index (κ3) is 5.68. The lowest BCUT2D eigenvalue weighted by Gasteiger charge is -2.16. The predicted octanol–water partition coefficient (Wildman–Crippen LogP) is 0.906. The molecule has 8 heteroatoms. The van der Waals surface area contributed by atoms with Crippen LogP contribution in [0.1, 0.15) is 25.8 Å². The van der Waals surface area contributed by atoms with Gasteiger partial charge in [-0.25, -0.2) is 9.67 Å². The largest absolute Gasteiger partial charge is 0.350 e. The number of carbonyl (C=O) groups is 2. The van der Waals surface area contributed by atoms with Crippen molar-refractivity contribution in [1.29, 1.82) is 0 Å². The van der Waals surface area contributed by atoms with E-state index >= 15 is 0 Å². The molecule has 1 heterocycles. The van der Waals surface area contributed by atoms with Crippen molar-refractivity contribution in [3.8, 4) is 0 Å². The summed E-state index contributed by atoms with van der Waals surface area (Å²) in [5.41, 5.74) is 6.88. The van der Waals surface area contributed by atoms with Crippen LogP contribution in [0.15, 0.2) is 36.7 Å². The standard InChI is InChI=1S/C17H24N6O2/c1-3-12(2)15(18)16(25)21-17-20-11-23(22-17)10-14(24)19-9-13-7-5-4-6-8-13/h4-8,11-12,15H,3,9-10,18H2,1-2H3,(H,19,24)(H,21,22,25). The van der Waals surface area contributed by atoms with E-state index in [9.17, 15) is 9.59 Å². The molecule has 0 aliphatic heterocycles. The van der Waals surface area contributed by atoms with Gasteiger partial charge in [-0.1, -0.05) is 50.6 Å². The summed E-state index contributed by atoms with van der Waals surface area (Å²) in [6.07, 6.45) is 2.20. The second-order valence-electron chi connectivity index (χ2n) is 5.93. The summed E-state index contributed by atoms with van der Waals surface area (Å²) >= 11 is 0. The fraction of sp³-hybridized carbons (Fsp3) is 0.412. The van der Waals surface area contributed by atoms with E-state index in [1.54, 1.807) is 0 Å². The maximum Gasteiger partial charge on any atom is 0.248 e. The fourth-order valence-electron chi connectivity index (χ4n) is 2.13. The molecule has 1 aromatic heterocycles. The second kappa shape index (κ2) is 8.93. The number of amides is 2. The van der Waals surface area contributed by atoms with Crippen LogP contribution in [0.3, 0.4) is 0 Å². The summed E-state index contributed by atoms with van der Waals surface area (Å²) in [7, 11) is 0. The molecule has 25 heavy (non-hydrogen) atoms. The van der Waals surface area contributed by atoms with E-state index < -0.39 is 6.04 Å². The molecule has 0 aliphatic rings. The fourth-order valence-corrected chi connectivity index (χ4v) is 2.13. The second-order valence-corrected chi connectivity index (χ2v) is 5.93. The van der Waals surface area contributed by atoms with Crippen molar-refractivity contribution in [2.75, 3.05) is 5.32 Å². The summed E-state index contributed by atoms with van der Waals surface area (Å²) in [6, 6.07) is 9.00. The molecule has 0 radical (unpaired) electrons. The van der Waals surface area contributed by atoms with Crippen molar-refractivity contribution < 1.29 is 9.59 Å². The van der Waals surface area contributed by atoms with Gasteiger partial charge in [-0.2, -0.15) is 0 Å². The Balaban J connectivity index is 1.82. The van der Waals surface area contributed by atoms with E-state index in [2.05, 4.69) is 20.7 Å². The number of aromatic nitrogens is 3. The van der Waals surface area contributed by atoms with E-state index in [4.69, 9.17) is 5.73 Å². The average molecular weight is 344 g/mol. The van der Waals surface area contributed by atoms with Gasteiger partial charge in [0.2, 0.25) is 17.8 Å².